The molecule has 1 atom stereocenters. The van der Waals surface area contributed by atoms with Crippen molar-refractivity contribution in [3.8, 4) is 0 Å². The van der Waals surface area contributed by atoms with Crippen LogP contribution in [0.4, 0.5) is 11.4 Å². The summed E-state index contributed by atoms with van der Waals surface area (Å²) in [7, 11) is 0. The SMILES string of the molecule is C[C@H](C1CCN(C2CCN(c3ccc(NC(=O)C4CCCC4)cc3)CC2)CC1)N1CCOCC1. The molecule has 0 spiro atoms. The van der Waals surface area contributed by atoms with Crippen LogP contribution in [-0.4, -0.2) is 80.3 Å². The Kier molecular flexibility index (Phi) is 8.08. The molecule has 4 aliphatic rings. The molecule has 34 heavy (non-hydrogen) atoms. The fourth-order valence-corrected chi connectivity index (χ4v) is 6.73. The summed E-state index contributed by atoms with van der Waals surface area (Å²) in [6.07, 6.45) is 9.66. The Hall–Kier alpha value is -1.63. The van der Waals surface area contributed by atoms with Crippen LogP contribution < -0.4 is 10.2 Å². The summed E-state index contributed by atoms with van der Waals surface area (Å²) >= 11 is 0. The third kappa shape index (κ3) is 5.77. The minimum Gasteiger partial charge on any atom is -0.379 e. The number of hydrogen-bond donors (Lipinski definition) is 1. The van der Waals surface area contributed by atoms with E-state index < -0.39 is 0 Å². The number of rotatable bonds is 6. The van der Waals surface area contributed by atoms with Crippen molar-refractivity contribution in [3.05, 3.63) is 24.3 Å². The van der Waals surface area contributed by atoms with E-state index in [1.54, 1.807) is 0 Å². The Morgan fingerprint density at radius 3 is 2.18 bits per heavy atom. The summed E-state index contributed by atoms with van der Waals surface area (Å²) in [5.41, 5.74) is 2.22. The van der Waals surface area contributed by atoms with Gasteiger partial charge in [0.15, 0.2) is 0 Å². The lowest BCUT2D eigenvalue weighted by Gasteiger charge is -2.45. The van der Waals surface area contributed by atoms with E-state index in [-0.39, 0.29) is 11.8 Å². The number of carbonyl (C=O) groups excluding carboxylic acids is 1. The number of morpholine rings is 1. The highest BCUT2D eigenvalue weighted by Crippen LogP contribution is 2.30. The maximum atomic E-state index is 12.4. The van der Waals surface area contributed by atoms with Gasteiger partial charge in [-0.3, -0.25) is 9.69 Å². The molecule has 3 saturated heterocycles. The number of piperidine rings is 2. The maximum absolute atomic E-state index is 12.4. The molecule has 1 aromatic rings. The van der Waals surface area contributed by atoms with Crippen molar-refractivity contribution in [1.82, 2.24) is 9.80 Å². The van der Waals surface area contributed by atoms with Crippen molar-refractivity contribution in [2.45, 2.75) is 70.4 Å². The van der Waals surface area contributed by atoms with Crippen molar-refractivity contribution in [2.24, 2.45) is 11.8 Å². The molecule has 3 aliphatic heterocycles. The first-order valence-corrected chi connectivity index (χ1v) is 13.9. The van der Waals surface area contributed by atoms with Gasteiger partial charge in [-0.1, -0.05) is 12.8 Å². The average Bonchev–Trinajstić information content (AvgIpc) is 3.45. The molecule has 0 unspecified atom stereocenters. The highest BCUT2D eigenvalue weighted by atomic mass is 16.5. The summed E-state index contributed by atoms with van der Waals surface area (Å²) in [4.78, 5) is 20.3. The largest absolute Gasteiger partial charge is 0.379 e. The predicted octanol–water partition coefficient (Wildman–Crippen LogP) is 4.22. The molecule has 5 rings (SSSR count). The summed E-state index contributed by atoms with van der Waals surface area (Å²) in [6.45, 7) is 11.2. The number of nitrogens with one attached hydrogen (secondary N) is 1. The topological polar surface area (TPSA) is 48.0 Å². The normalized spacial score (nSPS) is 25.5. The van der Waals surface area contributed by atoms with Gasteiger partial charge in [0.2, 0.25) is 5.91 Å². The molecule has 4 fully saturated rings. The molecule has 1 N–H and O–H groups in total. The molecular formula is C28H44N4O2. The van der Waals surface area contributed by atoms with Crippen LogP contribution in [0.15, 0.2) is 24.3 Å². The van der Waals surface area contributed by atoms with Crippen LogP contribution in [0.5, 0.6) is 0 Å². The smallest absolute Gasteiger partial charge is 0.227 e. The number of carbonyl (C=O) groups is 1. The molecule has 1 aliphatic carbocycles. The number of nitrogens with zero attached hydrogens (tertiary/aromatic N) is 3. The van der Waals surface area contributed by atoms with E-state index in [0.717, 1.165) is 69.9 Å². The van der Waals surface area contributed by atoms with Gasteiger partial charge in [0.1, 0.15) is 0 Å². The Labute approximate surface area is 206 Å². The zero-order valence-corrected chi connectivity index (χ0v) is 21.1. The molecule has 6 heteroatoms. The van der Waals surface area contributed by atoms with Crippen LogP contribution >= 0.6 is 0 Å². The summed E-state index contributed by atoms with van der Waals surface area (Å²) in [5, 5.41) is 3.12. The molecule has 6 nitrogen and oxygen atoms in total. The fraction of sp³-hybridized carbons (Fsp3) is 0.750. The zero-order chi connectivity index (χ0) is 23.3. The quantitative estimate of drug-likeness (QED) is 0.678. The van der Waals surface area contributed by atoms with E-state index in [2.05, 4.69) is 51.2 Å². The Morgan fingerprint density at radius 2 is 1.53 bits per heavy atom. The van der Waals surface area contributed by atoms with Crippen LogP contribution in [0.25, 0.3) is 0 Å². The van der Waals surface area contributed by atoms with E-state index in [1.165, 1.54) is 57.3 Å². The second-order valence-corrected chi connectivity index (χ2v) is 11.0. The van der Waals surface area contributed by atoms with Gasteiger partial charge in [0, 0.05) is 55.6 Å². The predicted molar refractivity (Wildman–Crippen MR) is 138 cm³/mol. The Bertz CT molecular complexity index is 772. The highest BCUT2D eigenvalue weighted by molar-refractivity contribution is 5.92. The van der Waals surface area contributed by atoms with Crippen LogP contribution in [-0.2, 0) is 9.53 Å². The zero-order valence-electron chi connectivity index (χ0n) is 21.1. The Balaban J connectivity index is 1.05. The summed E-state index contributed by atoms with van der Waals surface area (Å²) < 4.78 is 5.54. The number of likely N-dealkylation sites (tertiary alicyclic amines) is 1. The molecule has 0 aromatic heterocycles. The minimum atomic E-state index is 0.203. The van der Waals surface area contributed by atoms with Gasteiger partial charge in [0.05, 0.1) is 13.2 Å². The molecule has 3 heterocycles. The summed E-state index contributed by atoms with van der Waals surface area (Å²) in [6, 6.07) is 9.95. The number of amides is 1. The number of hydrogen-bond acceptors (Lipinski definition) is 5. The van der Waals surface area contributed by atoms with Gasteiger partial charge < -0.3 is 19.9 Å². The molecule has 1 amide bonds. The number of anilines is 2. The first-order valence-electron chi connectivity index (χ1n) is 13.9. The van der Waals surface area contributed by atoms with E-state index in [0.29, 0.717) is 6.04 Å². The minimum absolute atomic E-state index is 0.203. The van der Waals surface area contributed by atoms with Gasteiger partial charge in [-0.05, 0) is 88.7 Å². The standard InChI is InChI=1S/C28H44N4O2/c1-22(30-18-20-34-21-19-30)23-10-14-31(15-11-23)27-12-16-32(17-13-27)26-8-6-25(7-9-26)29-28(33)24-4-2-3-5-24/h6-9,22-24,27H,2-5,10-21H2,1H3,(H,29,33)/t22-/m1/s1. The van der Waals surface area contributed by atoms with Crippen molar-refractivity contribution in [1.29, 1.82) is 0 Å². The molecule has 1 saturated carbocycles. The van der Waals surface area contributed by atoms with E-state index >= 15 is 0 Å². The van der Waals surface area contributed by atoms with E-state index in [1.807, 2.05) is 0 Å². The van der Waals surface area contributed by atoms with Gasteiger partial charge in [-0.2, -0.15) is 0 Å². The molecule has 0 bridgehead atoms. The van der Waals surface area contributed by atoms with E-state index in [9.17, 15) is 4.79 Å². The van der Waals surface area contributed by atoms with Gasteiger partial charge >= 0.3 is 0 Å². The molecule has 188 valence electrons. The maximum Gasteiger partial charge on any atom is 0.227 e. The lowest BCUT2D eigenvalue weighted by Crippen LogP contribution is -2.51. The lowest BCUT2D eigenvalue weighted by atomic mass is 9.87. The van der Waals surface area contributed by atoms with Crippen LogP contribution in [0.2, 0.25) is 0 Å². The number of ether oxygens (including phenoxy) is 1. The number of benzene rings is 1. The molecule has 1 aromatic carbocycles. The van der Waals surface area contributed by atoms with Gasteiger partial charge in [-0.25, -0.2) is 0 Å². The Morgan fingerprint density at radius 1 is 0.882 bits per heavy atom. The molecule has 0 radical (unpaired) electrons. The van der Waals surface area contributed by atoms with Gasteiger partial charge in [0.25, 0.3) is 0 Å². The average molecular weight is 469 g/mol. The van der Waals surface area contributed by atoms with Crippen molar-refractivity contribution in [2.75, 3.05) is 62.7 Å². The first-order chi connectivity index (χ1) is 16.7. The monoisotopic (exact) mass is 468 g/mol. The van der Waals surface area contributed by atoms with Crippen LogP contribution in [0.3, 0.4) is 0 Å². The second kappa shape index (κ2) is 11.4. The summed E-state index contributed by atoms with van der Waals surface area (Å²) in [5.74, 6) is 1.25. The van der Waals surface area contributed by atoms with Crippen molar-refractivity contribution in [3.63, 3.8) is 0 Å². The lowest BCUT2D eigenvalue weighted by molar-refractivity contribution is -0.119. The second-order valence-electron chi connectivity index (χ2n) is 11.0. The first kappa shape index (κ1) is 24.1. The molecular weight excluding hydrogens is 424 g/mol. The highest BCUT2D eigenvalue weighted by Gasteiger charge is 2.32. The van der Waals surface area contributed by atoms with Crippen molar-refractivity contribution >= 4 is 17.3 Å². The van der Waals surface area contributed by atoms with Crippen molar-refractivity contribution < 1.29 is 9.53 Å². The van der Waals surface area contributed by atoms with Gasteiger partial charge in [-0.15, -0.1) is 0 Å². The van der Waals surface area contributed by atoms with Crippen LogP contribution in [0.1, 0.15) is 58.3 Å². The third-order valence-corrected chi connectivity index (χ3v) is 9.08. The van der Waals surface area contributed by atoms with E-state index in [4.69, 9.17) is 4.74 Å². The van der Waals surface area contributed by atoms with Crippen LogP contribution in [0, 0.1) is 11.8 Å². The fourth-order valence-electron chi connectivity index (χ4n) is 6.73. The third-order valence-electron chi connectivity index (χ3n) is 9.08.